The van der Waals surface area contributed by atoms with Crippen LogP contribution in [0.25, 0.3) is 0 Å². The van der Waals surface area contributed by atoms with Crippen LogP contribution < -0.4 is 10.6 Å². The van der Waals surface area contributed by atoms with Gasteiger partial charge in [0.25, 0.3) is 0 Å². The molecule has 3 rings (SSSR count). The standard InChI is InChI=1S/C20H31N5O2/c1-16(26)21-17-6-4-7-18(14-17)22-19(27)25-12-8-20(9-13-25)15-23(2)10-5-11-24(20)3/h4,6-7,14H,5,8-13,15H2,1-3H3,(H,21,26)(H,22,27). The molecule has 0 unspecified atom stereocenters. The van der Waals surface area contributed by atoms with E-state index < -0.39 is 0 Å². The van der Waals surface area contributed by atoms with Gasteiger partial charge in [-0.2, -0.15) is 0 Å². The van der Waals surface area contributed by atoms with Crippen LogP contribution in [0.3, 0.4) is 0 Å². The number of piperidine rings is 1. The number of hydrogen-bond acceptors (Lipinski definition) is 4. The largest absolute Gasteiger partial charge is 0.326 e. The third-order valence-electron chi connectivity index (χ3n) is 5.82. The van der Waals surface area contributed by atoms with E-state index in [0.29, 0.717) is 11.4 Å². The van der Waals surface area contributed by atoms with Crippen molar-refractivity contribution in [3.63, 3.8) is 0 Å². The second-order valence-electron chi connectivity index (χ2n) is 7.92. The number of nitrogens with zero attached hydrogens (tertiary/aromatic N) is 3. The number of urea groups is 1. The maximum atomic E-state index is 12.7. The molecule has 0 atom stereocenters. The monoisotopic (exact) mass is 373 g/mol. The number of amides is 3. The van der Waals surface area contributed by atoms with Gasteiger partial charge in [0.05, 0.1) is 0 Å². The molecule has 2 saturated heterocycles. The molecule has 2 N–H and O–H groups in total. The highest BCUT2D eigenvalue weighted by Crippen LogP contribution is 2.31. The number of likely N-dealkylation sites (tertiary alicyclic amines) is 1. The summed E-state index contributed by atoms with van der Waals surface area (Å²) in [7, 11) is 4.42. The molecule has 1 aromatic carbocycles. The molecule has 1 spiro atoms. The molecule has 1 aromatic rings. The molecular formula is C20H31N5O2. The van der Waals surface area contributed by atoms with E-state index >= 15 is 0 Å². The van der Waals surface area contributed by atoms with Gasteiger partial charge in [-0.1, -0.05) is 6.07 Å². The molecule has 0 aliphatic carbocycles. The Hall–Kier alpha value is -2.12. The Morgan fingerprint density at radius 2 is 1.67 bits per heavy atom. The first-order chi connectivity index (χ1) is 12.9. The average Bonchev–Trinajstić information content (AvgIpc) is 2.74. The first-order valence-corrected chi connectivity index (χ1v) is 9.71. The topological polar surface area (TPSA) is 67.9 Å². The van der Waals surface area contributed by atoms with Crippen LogP contribution in [0.2, 0.25) is 0 Å². The molecule has 27 heavy (non-hydrogen) atoms. The number of hydrogen-bond donors (Lipinski definition) is 2. The van der Waals surface area contributed by atoms with Crippen molar-refractivity contribution in [3.05, 3.63) is 24.3 Å². The number of likely N-dealkylation sites (N-methyl/N-ethyl adjacent to an activating group) is 2. The third-order valence-corrected chi connectivity index (χ3v) is 5.82. The van der Waals surface area contributed by atoms with E-state index in [-0.39, 0.29) is 17.5 Å². The van der Waals surface area contributed by atoms with Gasteiger partial charge < -0.3 is 20.4 Å². The minimum absolute atomic E-state index is 0.0746. The van der Waals surface area contributed by atoms with Crippen LogP contribution in [0.4, 0.5) is 16.2 Å². The fourth-order valence-electron chi connectivity index (χ4n) is 4.26. The summed E-state index contributed by atoms with van der Waals surface area (Å²) in [6.07, 6.45) is 3.18. The van der Waals surface area contributed by atoms with Gasteiger partial charge in [-0.25, -0.2) is 4.79 Å². The van der Waals surface area contributed by atoms with Crippen LogP contribution in [0.5, 0.6) is 0 Å². The highest BCUT2D eigenvalue weighted by Gasteiger charge is 2.40. The second-order valence-corrected chi connectivity index (χ2v) is 7.92. The summed E-state index contributed by atoms with van der Waals surface area (Å²) in [6, 6.07) is 7.17. The fraction of sp³-hybridized carbons (Fsp3) is 0.600. The summed E-state index contributed by atoms with van der Waals surface area (Å²) in [4.78, 5) is 30.7. The van der Waals surface area contributed by atoms with Crippen LogP contribution in [0.1, 0.15) is 26.2 Å². The summed E-state index contributed by atoms with van der Waals surface area (Å²) < 4.78 is 0. The Bertz CT molecular complexity index is 685. The van der Waals surface area contributed by atoms with Crippen LogP contribution >= 0.6 is 0 Å². The van der Waals surface area contributed by atoms with Gasteiger partial charge in [-0.05, 0) is 64.6 Å². The van der Waals surface area contributed by atoms with E-state index in [1.807, 2.05) is 17.0 Å². The summed E-state index contributed by atoms with van der Waals surface area (Å²) >= 11 is 0. The lowest BCUT2D eigenvalue weighted by Crippen LogP contribution is -2.58. The summed E-state index contributed by atoms with van der Waals surface area (Å²) in [5.74, 6) is -0.128. The van der Waals surface area contributed by atoms with Crippen LogP contribution in [-0.2, 0) is 4.79 Å². The predicted octanol–water partition coefficient (Wildman–Crippen LogP) is 2.28. The smallest absolute Gasteiger partial charge is 0.321 e. The Labute approximate surface area is 161 Å². The van der Waals surface area contributed by atoms with Crippen LogP contribution in [-0.4, -0.2) is 79.0 Å². The number of anilines is 2. The molecule has 0 radical (unpaired) electrons. The number of benzene rings is 1. The predicted molar refractivity (Wildman–Crippen MR) is 108 cm³/mol. The van der Waals surface area contributed by atoms with Crippen molar-refractivity contribution >= 4 is 23.3 Å². The lowest BCUT2D eigenvalue weighted by atomic mass is 9.85. The van der Waals surface area contributed by atoms with Gasteiger partial charge in [-0.3, -0.25) is 9.69 Å². The van der Waals surface area contributed by atoms with Gasteiger partial charge in [0.1, 0.15) is 0 Å². The quantitative estimate of drug-likeness (QED) is 0.835. The molecule has 148 valence electrons. The highest BCUT2D eigenvalue weighted by molar-refractivity contribution is 5.92. The molecule has 2 heterocycles. The van der Waals surface area contributed by atoms with Crippen LogP contribution in [0.15, 0.2) is 24.3 Å². The zero-order chi connectivity index (χ0) is 19.4. The zero-order valence-corrected chi connectivity index (χ0v) is 16.6. The Morgan fingerprint density at radius 1 is 1.00 bits per heavy atom. The van der Waals surface area contributed by atoms with Gasteiger partial charge >= 0.3 is 6.03 Å². The van der Waals surface area contributed by atoms with E-state index in [0.717, 1.165) is 45.6 Å². The first kappa shape index (κ1) is 19.6. The van der Waals surface area contributed by atoms with Crippen molar-refractivity contribution in [2.24, 2.45) is 0 Å². The molecule has 0 aromatic heterocycles. The Balaban J connectivity index is 1.59. The normalized spacial score (nSPS) is 20.9. The van der Waals surface area contributed by atoms with E-state index in [2.05, 4.69) is 34.5 Å². The van der Waals surface area contributed by atoms with Gasteiger partial charge in [-0.15, -0.1) is 0 Å². The first-order valence-electron chi connectivity index (χ1n) is 9.71. The summed E-state index contributed by atoms with van der Waals surface area (Å²) in [5, 5.41) is 5.70. The molecule has 2 fully saturated rings. The molecule has 7 heteroatoms. The number of carbonyl (C=O) groups is 2. The number of nitrogens with one attached hydrogen (secondary N) is 2. The van der Waals surface area contributed by atoms with Crippen molar-refractivity contribution in [1.82, 2.24) is 14.7 Å². The third kappa shape index (κ3) is 4.78. The Morgan fingerprint density at radius 3 is 2.33 bits per heavy atom. The van der Waals surface area contributed by atoms with Crippen molar-refractivity contribution in [3.8, 4) is 0 Å². The highest BCUT2D eigenvalue weighted by atomic mass is 16.2. The van der Waals surface area contributed by atoms with Gasteiger partial charge in [0, 0.05) is 43.5 Å². The van der Waals surface area contributed by atoms with Gasteiger partial charge in [0.15, 0.2) is 0 Å². The zero-order valence-electron chi connectivity index (χ0n) is 16.6. The van der Waals surface area contributed by atoms with Crippen molar-refractivity contribution in [2.75, 3.05) is 57.5 Å². The minimum Gasteiger partial charge on any atom is -0.326 e. The van der Waals surface area contributed by atoms with Crippen molar-refractivity contribution < 1.29 is 9.59 Å². The molecule has 0 bridgehead atoms. The van der Waals surface area contributed by atoms with Crippen LogP contribution in [0, 0.1) is 0 Å². The minimum atomic E-state index is -0.128. The van der Waals surface area contributed by atoms with Crippen molar-refractivity contribution in [1.29, 1.82) is 0 Å². The maximum absolute atomic E-state index is 12.7. The van der Waals surface area contributed by atoms with Gasteiger partial charge in [0.2, 0.25) is 5.91 Å². The molecular weight excluding hydrogens is 342 g/mol. The molecule has 3 amide bonds. The lowest BCUT2D eigenvalue weighted by Gasteiger charge is -2.47. The second kappa shape index (κ2) is 8.27. The van der Waals surface area contributed by atoms with E-state index in [1.165, 1.54) is 13.3 Å². The van der Waals surface area contributed by atoms with Crippen molar-refractivity contribution in [2.45, 2.75) is 31.7 Å². The fourth-order valence-corrected chi connectivity index (χ4v) is 4.26. The lowest BCUT2D eigenvalue weighted by molar-refractivity contribution is -0.114. The Kier molecular flexibility index (Phi) is 6.01. The van der Waals surface area contributed by atoms with E-state index in [4.69, 9.17) is 0 Å². The molecule has 2 aliphatic rings. The SMILES string of the molecule is CC(=O)Nc1cccc(NC(=O)N2CCC3(CC2)CN(C)CCCN3C)c1. The maximum Gasteiger partial charge on any atom is 0.321 e. The molecule has 2 aliphatic heterocycles. The molecule has 0 saturated carbocycles. The van der Waals surface area contributed by atoms with E-state index in [9.17, 15) is 9.59 Å². The van der Waals surface area contributed by atoms with E-state index in [1.54, 1.807) is 12.1 Å². The molecule has 7 nitrogen and oxygen atoms in total. The number of rotatable bonds is 2. The summed E-state index contributed by atoms with van der Waals surface area (Å²) in [6.45, 7) is 6.31. The summed E-state index contributed by atoms with van der Waals surface area (Å²) in [5.41, 5.74) is 1.55. The average molecular weight is 374 g/mol. The number of carbonyl (C=O) groups excluding carboxylic acids is 2.